The number of nitrogens with zero attached hydrogens (tertiary/aromatic N) is 1. The van der Waals surface area contributed by atoms with Gasteiger partial charge in [0, 0.05) is 5.56 Å². The van der Waals surface area contributed by atoms with Gasteiger partial charge >= 0.3 is 6.09 Å². The standard InChI is InChI=1S/C22H17NO3/c1-25-18-13-11-17(12-14-18)23-20-10-6-5-9-19(20)21(26-22(23)24)15-16-7-3-2-4-8-16/h2-15H,1H3/b21-15-. The molecule has 3 aromatic rings. The Bertz CT molecular complexity index is 962. The van der Waals surface area contributed by atoms with Crippen LogP contribution >= 0.6 is 0 Å². The van der Waals surface area contributed by atoms with Gasteiger partial charge in [-0.15, -0.1) is 0 Å². The van der Waals surface area contributed by atoms with Crippen LogP contribution in [0.25, 0.3) is 11.8 Å². The molecule has 0 unspecified atom stereocenters. The Kier molecular flexibility index (Phi) is 4.15. The lowest BCUT2D eigenvalue weighted by atomic mass is 10.1. The number of ether oxygens (including phenoxy) is 2. The van der Waals surface area contributed by atoms with E-state index >= 15 is 0 Å². The largest absolute Gasteiger partial charge is 0.497 e. The summed E-state index contributed by atoms with van der Waals surface area (Å²) in [6.07, 6.45) is 1.44. The smallest absolute Gasteiger partial charge is 0.424 e. The van der Waals surface area contributed by atoms with Gasteiger partial charge in [0.1, 0.15) is 11.5 Å². The zero-order valence-electron chi connectivity index (χ0n) is 14.3. The van der Waals surface area contributed by atoms with E-state index in [2.05, 4.69) is 0 Å². The van der Waals surface area contributed by atoms with Gasteiger partial charge in [-0.2, -0.15) is 0 Å². The van der Waals surface area contributed by atoms with Gasteiger partial charge in [-0.25, -0.2) is 9.69 Å². The SMILES string of the molecule is COc1ccc(N2C(=O)O/C(=C\c3ccccc3)c3ccccc32)cc1. The normalized spacial score (nSPS) is 14.7. The zero-order chi connectivity index (χ0) is 17.9. The summed E-state index contributed by atoms with van der Waals surface area (Å²) in [5.74, 6) is 1.28. The third-order valence-corrected chi connectivity index (χ3v) is 4.22. The Hall–Kier alpha value is -3.53. The molecule has 4 nitrogen and oxygen atoms in total. The fourth-order valence-electron chi connectivity index (χ4n) is 2.95. The van der Waals surface area contributed by atoms with Crippen LogP contribution in [0.15, 0.2) is 78.9 Å². The number of fused-ring (bicyclic) bond motifs is 1. The van der Waals surface area contributed by atoms with Crippen LogP contribution in [-0.4, -0.2) is 13.2 Å². The van der Waals surface area contributed by atoms with E-state index in [1.54, 1.807) is 12.0 Å². The van der Waals surface area contributed by atoms with Crippen LogP contribution in [-0.2, 0) is 4.74 Å². The highest BCUT2D eigenvalue weighted by Crippen LogP contribution is 2.39. The number of methoxy groups -OCH3 is 1. The molecule has 0 radical (unpaired) electrons. The molecule has 1 amide bonds. The van der Waals surface area contributed by atoms with E-state index in [-0.39, 0.29) is 0 Å². The van der Waals surface area contributed by atoms with Crippen LogP contribution in [0.4, 0.5) is 16.2 Å². The Morgan fingerprint density at radius 1 is 0.885 bits per heavy atom. The number of anilines is 2. The van der Waals surface area contributed by atoms with Crippen molar-refractivity contribution in [2.75, 3.05) is 12.0 Å². The Balaban J connectivity index is 1.79. The van der Waals surface area contributed by atoms with E-state index in [0.29, 0.717) is 5.76 Å². The number of amides is 1. The van der Waals surface area contributed by atoms with E-state index in [4.69, 9.17) is 9.47 Å². The minimum Gasteiger partial charge on any atom is -0.497 e. The van der Waals surface area contributed by atoms with E-state index in [1.807, 2.05) is 84.9 Å². The van der Waals surface area contributed by atoms with Gasteiger partial charge in [0.15, 0.2) is 0 Å². The fourth-order valence-corrected chi connectivity index (χ4v) is 2.95. The second kappa shape index (κ2) is 6.76. The lowest BCUT2D eigenvalue weighted by Crippen LogP contribution is -2.30. The van der Waals surface area contributed by atoms with Crippen LogP contribution in [0.3, 0.4) is 0 Å². The molecule has 1 heterocycles. The minimum absolute atomic E-state index is 0.434. The highest BCUT2D eigenvalue weighted by Gasteiger charge is 2.30. The summed E-state index contributed by atoms with van der Waals surface area (Å²) in [7, 11) is 1.61. The maximum Gasteiger partial charge on any atom is 0.424 e. The Labute approximate surface area is 151 Å². The number of cyclic esters (lactones) is 1. The summed E-state index contributed by atoms with van der Waals surface area (Å²) in [6.45, 7) is 0. The molecular weight excluding hydrogens is 326 g/mol. The number of para-hydroxylation sites is 1. The van der Waals surface area contributed by atoms with Crippen LogP contribution in [0.5, 0.6) is 5.75 Å². The molecule has 0 N–H and O–H groups in total. The Morgan fingerprint density at radius 3 is 2.31 bits per heavy atom. The predicted octanol–water partition coefficient (Wildman–Crippen LogP) is 5.48. The van der Waals surface area contributed by atoms with Gasteiger partial charge < -0.3 is 9.47 Å². The average molecular weight is 343 g/mol. The fraction of sp³-hybridized carbons (Fsp3) is 0.0455. The van der Waals surface area contributed by atoms with Crippen molar-refractivity contribution in [3.05, 3.63) is 90.0 Å². The van der Waals surface area contributed by atoms with Crippen LogP contribution in [0.2, 0.25) is 0 Å². The number of benzene rings is 3. The van der Waals surface area contributed by atoms with Gasteiger partial charge in [0.2, 0.25) is 0 Å². The van der Waals surface area contributed by atoms with Gasteiger partial charge in [-0.05, 0) is 48.0 Å². The van der Waals surface area contributed by atoms with E-state index < -0.39 is 6.09 Å². The second-order valence-corrected chi connectivity index (χ2v) is 5.84. The summed E-state index contributed by atoms with van der Waals surface area (Å²) in [5.41, 5.74) is 3.35. The molecule has 0 bridgehead atoms. The van der Waals surface area contributed by atoms with Crippen molar-refractivity contribution in [2.45, 2.75) is 0 Å². The maximum atomic E-state index is 12.7. The molecular formula is C22H17NO3. The molecule has 0 aromatic heterocycles. The van der Waals surface area contributed by atoms with E-state index in [1.165, 1.54) is 0 Å². The number of carbonyl (C=O) groups is 1. The lowest BCUT2D eigenvalue weighted by molar-refractivity contribution is 0.200. The quantitative estimate of drug-likeness (QED) is 0.632. The number of carbonyl (C=O) groups excluding carboxylic acids is 1. The molecule has 128 valence electrons. The van der Waals surface area contributed by atoms with Crippen molar-refractivity contribution in [1.82, 2.24) is 0 Å². The molecule has 0 spiro atoms. The minimum atomic E-state index is -0.434. The lowest BCUT2D eigenvalue weighted by Gasteiger charge is -2.30. The highest BCUT2D eigenvalue weighted by molar-refractivity contribution is 6.06. The first kappa shape index (κ1) is 16.0. The molecule has 0 fully saturated rings. The molecule has 0 saturated carbocycles. The number of rotatable bonds is 3. The first-order valence-corrected chi connectivity index (χ1v) is 8.28. The molecule has 0 aliphatic carbocycles. The number of hydrogen-bond acceptors (Lipinski definition) is 3. The summed E-state index contributed by atoms with van der Waals surface area (Å²) in [5, 5.41) is 0. The van der Waals surface area contributed by atoms with Crippen LogP contribution < -0.4 is 9.64 Å². The van der Waals surface area contributed by atoms with Crippen molar-refractivity contribution in [3.8, 4) is 5.75 Å². The molecule has 3 aromatic carbocycles. The molecule has 0 atom stereocenters. The van der Waals surface area contributed by atoms with Crippen LogP contribution in [0.1, 0.15) is 11.1 Å². The topological polar surface area (TPSA) is 38.8 Å². The molecule has 0 saturated heterocycles. The van der Waals surface area contributed by atoms with Crippen molar-refractivity contribution in [3.63, 3.8) is 0 Å². The number of hydrogen-bond donors (Lipinski definition) is 0. The summed E-state index contributed by atoms with van der Waals surface area (Å²) < 4.78 is 10.8. The van der Waals surface area contributed by atoms with E-state index in [9.17, 15) is 4.79 Å². The van der Waals surface area contributed by atoms with Crippen LogP contribution in [0, 0.1) is 0 Å². The van der Waals surface area contributed by atoms with Gasteiger partial charge in [0.05, 0.1) is 18.5 Å². The molecule has 1 aliphatic heterocycles. The second-order valence-electron chi connectivity index (χ2n) is 5.84. The van der Waals surface area contributed by atoms with Crippen molar-refractivity contribution < 1.29 is 14.3 Å². The first-order chi connectivity index (χ1) is 12.8. The third kappa shape index (κ3) is 2.93. The summed E-state index contributed by atoms with van der Waals surface area (Å²) >= 11 is 0. The first-order valence-electron chi connectivity index (χ1n) is 8.28. The zero-order valence-corrected chi connectivity index (χ0v) is 14.3. The average Bonchev–Trinajstić information content (AvgIpc) is 2.69. The highest BCUT2D eigenvalue weighted by atomic mass is 16.6. The van der Waals surface area contributed by atoms with Gasteiger partial charge in [-0.3, -0.25) is 0 Å². The van der Waals surface area contributed by atoms with Crippen molar-refractivity contribution in [1.29, 1.82) is 0 Å². The predicted molar refractivity (Wildman–Crippen MR) is 102 cm³/mol. The molecule has 26 heavy (non-hydrogen) atoms. The van der Waals surface area contributed by atoms with Crippen molar-refractivity contribution >= 4 is 29.3 Å². The molecule has 4 rings (SSSR count). The van der Waals surface area contributed by atoms with Crippen molar-refractivity contribution in [2.24, 2.45) is 0 Å². The van der Waals surface area contributed by atoms with Gasteiger partial charge in [0.25, 0.3) is 0 Å². The van der Waals surface area contributed by atoms with E-state index in [0.717, 1.165) is 28.3 Å². The Morgan fingerprint density at radius 2 is 1.58 bits per heavy atom. The third-order valence-electron chi connectivity index (χ3n) is 4.22. The monoisotopic (exact) mass is 343 g/mol. The summed E-state index contributed by atoms with van der Waals surface area (Å²) in [6, 6.07) is 24.8. The summed E-state index contributed by atoms with van der Waals surface area (Å²) in [4.78, 5) is 14.3. The maximum absolute atomic E-state index is 12.7. The van der Waals surface area contributed by atoms with Gasteiger partial charge in [-0.1, -0.05) is 42.5 Å². The molecule has 1 aliphatic rings. The molecule has 4 heteroatoms.